The van der Waals surface area contributed by atoms with E-state index in [0.29, 0.717) is 56.0 Å². The second-order valence-electron chi connectivity index (χ2n) is 12.9. The molecule has 2 aliphatic heterocycles. The summed E-state index contributed by atoms with van der Waals surface area (Å²) < 4.78 is 7.51. The van der Waals surface area contributed by atoms with Crippen LogP contribution in [0.15, 0.2) is 36.9 Å². The highest BCUT2D eigenvalue weighted by atomic mass is 16.6. The van der Waals surface area contributed by atoms with E-state index in [1.54, 1.807) is 4.57 Å². The van der Waals surface area contributed by atoms with E-state index >= 15 is 0 Å². The molecule has 48 heavy (non-hydrogen) atoms. The number of imidazole rings is 1. The second-order valence-corrected chi connectivity index (χ2v) is 12.9. The summed E-state index contributed by atoms with van der Waals surface area (Å²) in [6.45, 7) is 6.86. The van der Waals surface area contributed by atoms with Gasteiger partial charge in [-0.15, -0.1) is 0 Å². The van der Waals surface area contributed by atoms with E-state index < -0.39 is 30.4 Å². The number of aromatic nitrogens is 4. The van der Waals surface area contributed by atoms with Gasteiger partial charge in [-0.2, -0.15) is 0 Å². The average molecular weight is 664 g/mol. The number of ether oxygens (including phenoxy) is 1. The van der Waals surface area contributed by atoms with Crippen molar-refractivity contribution < 1.29 is 24.5 Å². The fourth-order valence-corrected chi connectivity index (χ4v) is 7.00. The Morgan fingerprint density at radius 1 is 0.917 bits per heavy atom. The quantitative estimate of drug-likeness (QED) is 0.161. The maximum Gasteiger partial charge on any atom is 0.252 e. The number of benzene rings is 1. The average Bonchev–Trinajstić information content (AvgIpc) is 3.79. The Bertz CT molecular complexity index is 1510. The highest BCUT2D eigenvalue weighted by Crippen LogP contribution is 2.37. The first-order chi connectivity index (χ1) is 23.5. The second kappa shape index (κ2) is 16.7. The molecule has 2 amide bonds. The van der Waals surface area contributed by atoms with Crippen LogP contribution in [-0.4, -0.2) is 124 Å². The summed E-state index contributed by atoms with van der Waals surface area (Å²) in [5, 5.41) is 34.6. The zero-order chi connectivity index (χ0) is 33.3. The minimum atomic E-state index is -1.42. The molecule has 260 valence electrons. The topological polar surface area (TPSA) is 179 Å². The first-order valence-corrected chi connectivity index (χ1v) is 17.4. The lowest BCUT2D eigenvalue weighted by molar-refractivity contribution is -0.137. The Hall–Kier alpha value is -3.53. The van der Waals surface area contributed by atoms with Crippen LogP contribution >= 0.6 is 0 Å². The third-order valence-corrected chi connectivity index (χ3v) is 9.70. The molecule has 2 aromatic heterocycles. The van der Waals surface area contributed by atoms with Crippen molar-refractivity contribution in [3.05, 3.63) is 53.7 Å². The molecule has 1 aromatic carbocycles. The molecule has 2 fully saturated rings. The number of unbranched alkanes of at least 4 members (excludes halogenated alkanes) is 2. The van der Waals surface area contributed by atoms with Crippen molar-refractivity contribution in [3.8, 4) is 0 Å². The Balaban J connectivity index is 0.962. The molecule has 0 bridgehead atoms. The lowest BCUT2D eigenvalue weighted by Gasteiger charge is -2.24. The molecule has 1 aliphatic carbocycles. The van der Waals surface area contributed by atoms with Gasteiger partial charge < -0.3 is 41.1 Å². The molecule has 6 N–H and O–H groups in total. The molecule has 0 spiro atoms. The number of carbonyl (C=O) groups is 2. The lowest BCUT2D eigenvalue weighted by Crippen LogP contribution is -2.44. The van der Waals surface area contributed by atoms with Gasteiger partial charge in [0.2, 0.25) is 5.91 Å². The number of hydrogen-bond acceptors (Lipinski definition) is 11. The largest absolute Gasteiger partial charge is 0.387 e. The van der Waals surface area contributed by atoms with Crippen molar-refractivity contribution >= 4 is 23.0 Å². The van der Waals surface area contributed by atoms with Gasteiger partial charge in [0.05, 0.1) is 12.0 Å². The molecule has 4 heterocycles. The van der Waals surface area contributed by atoms with E-state index in [1.807, 2.05) is 4.90 Å². The number of carbonyl (C=O) groups excluding carboxylic acids is 2. The Morgan fingerprint density at radius 3 is 2.46 bits per heavy atom. The van der Waals surface area contributed by atoms with Crippen LogP contribution < -0.4 is 21.3 Å². The molecule has 0 saturated carbocycles. The predicted octanol–water partition coefficient (Wildman–Crippen LogP) is 0.00560. The molecule has 0 radical (unpaired) electrons. The van der Waals surface area contributed by atoms with Crippen molar-refractivity contribution in [2.75, 3.05) is 58.9 Å². The molecular weight excluding hydrogens is 614 g/mol. The van der Waals surface area contributed by atoms with Crippen molar-refractivity contribution in [1.82, 2.24) is 45.7 Å². The minimum absolute atomic E-state index is 0.147. The van der Waals surface area contributed by atoms with Gasteiger partial charge in [0.15, 0.2) is 18.0 Å². The van der Waals surface area contributed by atoms with Crippen molar-refractivity contribution in [3.63, 3.8) is 0 Å². The Morgan fingerprint density at radius 2 is 1.67 bits per heavy atom. The fourth-order valence-electron chi connectivity index (χ4n) is 7.00. The van der Waals surface area contributed by atoms with Crippen LogP contribution in [0, 0.1) is 0 Å². The number of nitrogens with one attached hydrogen (secondary N) is 4. The summed E-state index contributed by atoms with van der Waals surface area (Å²) in [6, 6.07) is 8.49. The number of aryl methyl sites for hydroxylation is 1. The smallest absolute Gasteiger partial charge is 0.252 e. The monoisotopic (exact) mass is 663 g/mol. The molecular formula is C34H49N9O5. The van der Waals surface area contributed by atoms with E-state index in [1.165, 1.54) is 23.8 Å². The highest BCUT2D eigenvalue weighted by molar-refractivity contribution is 5.82. The van der Waals surface area contributed by atoms with Crippen LogP contribution in [0.2, 0.25) is 0 Å². The first kappa shape index (κ1) is 34.3. The third kappa shape index (κ3) is 8.18. The molecule has 2 saturated heterocycles. The van der Waals surface area contributed by atoms with Crippen LogP contribution in [-0.2, 0) is 27.2 Å². The normalized spacial score (nSPS) is 25.4. The maximum atomic E-state index is 13.0. The van der Waals surface area contributed by atoms with Gasteiger partial charge >= 0.3 is 0 Å². The summed E-state index contributed by atoms with van der Waals surface area (Å²) in [7, 11) is 0. The number of aliphatic hydroxyl groups is 2. The number of nitrogens with zero attached hydrogens (tertiary/aromatic N) is 5. The summed E-state index contributed by atoms with van der Waals surface area (Å²) in [5.41, 5.74) is 4.63. The van der Waals surface area contributed by atoms with Gasteiger partial charge in [0, 0.05) is 65.3 Å². The number of fused-ring (bicyclic) bond motifs is 2. The molecule has 3 aliphatic rings. The Labute approximate surface area is 281 Å². The lowest BCUT2D eigenvalue weighted by atomic mass is 9.96. The van der Waals surface area contributed by atoms with Gasteiger partial charge in [-0.05, 0) is 49.1 Å². The van der Waals surface area contributed by atoms with Crippen LogP contribution in [0.5, 0.6) is 0 Å². The van der Waals surface area contributed by atoms with Crippen molar-refractivity contribution in [2.45, 2.75) is 75.4 Å². The third-order valence-electron chi connectivity index (χ3n) is 9.70. The van der Waals surface area contributed by atoms with E-state index in [-0.39, 0.29) is 5.91 Å². The van der Waals surface area contributed by atoms with Crippen LogP contribution in [0.4, 0.5) is 0 Å². The van der Waals surface area contributed by atoms with E-state index in [4.69, 9.17) is 4.74 Å². The number of hydrogen-bond donors (Lipinski definition) is 6. The summed E-state index contributed by atoms with van der Waals surface area (Å²) in [5.74, 6) is -0.00295. The zero-order valence-electron chi connectivity index (χ0n) is 27.5. The summed E-state index contributed by atoms with van der Waals surface area (Å²) >= 11 is 0. The van der Waals surface area contributed by atoms with Crippen LogP contribution in [0.1, 0.15) is 61.1 Å². The standard InChI is InChI=1S/C34H49N9O5/c44-27(42-18-16-36-14-12-35-13-15-37-17-19-42)8-2-1-5-11-38-33(47)31-29(45)30(46)34(48-31)43-22-41-28-26(39-21-40-32(28)43)20-24-10-9-23-6-3-4-7-25(23)24/h3-4,6-7,21-22,24,29-31,34-37,45-46H,1-2,5,8-20H2,(H,38,47)/t24?,29-,30+,31-,34+/m0/s1. The number of rotatable bonds is 10. The van der Waals surface area contributed by atoms with E-state index in [2.05, 4.69) is 60.5 Å². The molecule has 6 rings (SSSR count). The van der Waals surface area contributed by atoms with Crippen LogP contribution in [0.25, 0.3) is 11.2 Å². The van der Waals surface area contributed by atoms with E-state index in [9.17, 15) is 19.8 Å². The summed E-state index contributed by atoms with van der Waals surface area (Å²) in [4.78, 5) is 41.3. The predicted molar refractivity (Wildman–Crippen MR) is 179 cm³/mol. The van der Waals surface area contributed by atoms with Crippen molar-refractivity contribution in [1.29, 1.82) is 0 Å². The van der Waals surface area contributed by atoms with E-state index in [0.717, 1.165) is 70.6 Å². The fraction of sp³-hybridized carbons (Fsp3) is 0.618. The minimum Gasteiger partial charge on any atom is -0.387 e. The molecule has 14 nitrogen and oxygen atoms in total. The molecule has 5 atom stereocenters. The van der Waals surface area contributed by atoms with Gasteiger partial charge in [0.25, 0.3) is 5.91 Å². The maximum absolute atomic E-state index is 13.0. The molecule has 14 heteroatoms. The highest BCUT2D eigenvalue weighted by Gasteiger charge is 2.47. The number of aliphatic hydroxyl groups excluding tert-OH is 2. The zero-order valence-corrected chi connectivity index (χ0v) is 27.5. The first-order valence-electron chi connectivity index (χ1n) is 17.4. The van der Waals surface area contributed by atoms with Gasteiger partial charge in [0.1, 0.15) is 24.1 Å². The number of amides is 2. The summed E-state index contributed by atoms with van der Waals surface area (Å²) in [6.07, 6.45) is 3.42. The van der Waals surface area contributed by atoms with Crippen molar-refractivity contribution in [2.24, 2.45) is 0 Å². The van der Waals surface area contributed by atoms with Gasteiger partial charge in [-0.25, -0.2) is 15.0 Å². The van der Waals surface area contributed by atoms with Crippen LogP contribution in [0.3, 0.4) is 0 Å². The molecule has 1 unspecified atom stereocenters. The molecule has 3 aromatic rings. The van der Waals surface area contributed by atoms with Gasteiger partial charge in [-0.1, -0.05) is 30.7 Å². The SMILES string of the molecule is O=C(NCCCCCC(=O)N1CCNCCNCCNCC1)[C@H]1O[C@@H](n2cnc3c(CC4CCc5ccccc54)ncnc32)[C@H](O)[C@@H]1O. The Kier molecular flexibility index (Phi) is 12.0. The van der Waals surface area contributed by atoms with Gasteiger partial charge in [-0.3, -0.25) is 14.2 Å².